The highest BCUT2D eigenvalue weighted by Gasteiger charge is 2.37. The van der Waals surface area contributed by atoms with Crippen molar-refractivity contribution in [2.24, 2.45) is 0 Å². The highest BCUT2D eigenvalue weighted by molar-refractivity contribution is 6.25. The molecule has 9 aromatic carbocycles. The van der Waals surface area contributed by atoms with Gasteiger partial charge in [-0.15, -0.1) is 0 Å². The lowest BCUT2D eigenvalue weighted by Crippen LogP contribution is -2.33. The van der Waals surface area contributed by atoms with Crippen LogP contribution in [0.1, 0.15) is 51.7 Å². The van der Waals surface area contributed by atoms with Crippen molar-refractivity contribution in [3.8, 4) is 22.3 Å². The Morgan fingerprint density at radius 3 is 1.55 bits per heavy atom. The van der Waals surface area contributed by atoms with E-state index in [0.29, 0.717) is 0 Å². The maximum Gasteiger partial charge on any atom is 0.0540 e. The second-order valence-electron chi connectivity index (χ2n) is 16.8. The molecule has 0 aliphatic heterocycles. The molecule has 1 nitrogen and oxygen atoms in total. The lowest BCUT2D eigenvalue weighted by molar-refractivity contribution is 0.332. The molecule has 0 saturated carbocycles. The molecule has 0 aromatic heterocycles. The van der Waals surface area contributed by atoms with Gasteiger partial charge in [-0.05, 0) is 137 Å². The van der Waals surface area contributed by atoms with Crippen molar-refractivity contribution in [2.45, 2.75) is 51.4 Å². The minimum Gasteiger partial charge on any atom is -0.310 e. The number of para-hydroxylation sites is 2. The van der Waals surface area contributed by atoms with Crippen LogP contribution >= 0.6 is 0 Å². The van der Waals surface area contributed by atoms with Gasteiger partial charge >= 0.3 is 0 Å². The zero-order chi connectivity index (χ0) is 37.3. The Balaban J connectivity index is 1.11. The number of hydrogen-bond donors (Lipinski definition) is 0. The van der Waals surface area contributed by atoms with Gasteiger partial charge in [0.1, 0.15) is 0 Å². The van der Waals surface area contributed by atoms with Gasteiger partial charge in [0.15, 0.2) is 0 Å². The Kier molecular flexibility index (Phi) is 7.72. The Morgan fingerprint density at radius 1 is 0.364 bits per heavy atom. The molecule has 0 heterocycles. The molecule has 0 bridgehead atoms. The number of benzene rings is 9. The second-order valence-corrected chi connectivity index (χ2v) is 16.8. The molecule has 1 aliphatic rings. The molecular formula is C54H45N. The van der Waals surface area contributed by atoms with Crippen molar-refractivity contribution in [2.75, 3.05) is 4.90 Å². The predicted molar refractivity (Wildman–Crippen MR) is 237 cm³/mol. The first-order valence-electron chi connectivity index (χ1n) is 19.7. The lowest BCUT2D eigenvalue weighted by Gasteiger charge is -2.42. The van der Waals surface area contributed by atoms with Gasteiger partial charge in [0, 0.05) is 16.9 Å². The standard InChI is InChI=1S/C54H45N/c1-53(2)31-32-54(3,4)51-35-48-38(34-50(51)53)15-14-23-45(48)47-22-12-13-24-52(47)55(39-16-6-5-7-17-39)40-28-25-36(26-29-40)37-27-30-46-43-20-9-8-18-41(43)42-19-10-11-21-44(42)49(46)33-37/h5-30,33-35H,31-32H2,1-4H3. The van der Waals surface area contributed by atoms with Crippen molar-refractivity contribution in [3.63, 3.8) is 0 Å². The summed E-state index contributed by atoms with van der Waals surface area (Å²) in [5.74, 6) is 0. The predicted octanol–water partition coefficient (Wildman–Crippen LogP) is 15.5. The molecule has 0 radical (unpaired) electrons. The summed E-state index contributed by atoms with van der Waals surface area (Å²) in [4.78, 5) is 2.42. The Labute approximate surface area is 324 Å². The van der Waals surface area contributed by atoms with E-state index in [2.05, 4.69) is 209 Å². The summed E-state index contributed by atoms with van der Waals surface area (Å²) in [6, 6.07) is 65.3. The molecule has 9 aromatic rings. The van der Waals surface area contributed by atoms with Gasteiger partial charge in [0.25, 0.3) is 0 Å². The van der Waals surface area contributed by atoms with Gasteiger partial charge in [0.05, 0.1) is 5.69 Å². The number of hydrogen-bond acceptors (Lipinski definition) is 1. The van der Waals surface area contributed by atoms with Crippen LogP contribution in [0.3, 0.4) is 0 Å². The molecule has 0 N–H and O–H groups in total. The fourth-order valence-corrected chi connectivity index (χ4v) is 9.37. The van der Waals surface area contributed by atoms with Crippen molar-refractivity contribution >= 4 is 60.2 Å². The largest absolute Gasteiger partial charge is 0.310 e. The van der Waals surface area contributed by atoms with Gasteiger partial charge in [-0.25, -0.2) is 0 Å². The average molecular weight is 708 g/mol. The molecule has 55 heavy (non-hydrogen) atoms. The maximum atomic E-state index is 2.52. The van der Waals surface area contributed by atoms with Crippen molar-refractivity contribution in [1.82, 2.24) is 0 Å². The third-order valence-electron chi connectivity index (χ3n) is 12.5. The first kappa shape index (κ1) is 33.4. The fraction of sp³-hybridized carbons (Fsp3) is 0.148. The molecule has 0 amide bonds. The van der Waals surface area contributed by atoms with E-state index in [1.165, 1.54) is 89.3 Å². The van der Waals surface area contributed by atoms with Gasteiger partial charge < -0.3 is 4.90 Å². The van der Waals surface area contributed by atoms with Crippen LogP contribution in [0.15, 0.2) is 176 Å². The SMILES string of the molecule is CC1(C)CCC(C)(C)c2cc3c(-c4ccccc4N(c4ccccc4)c4ccc(-c5ccc6c7ccccc7c7ccccc7c6c5)cc4)cccc3cc21. The monoisotopic (exact) mass is 707 g/mol. The lowest BCUT2D eigenvalue weighted by atomic mass is 9.62. The van der Waals surface area contributed by atoms with Crippen LogP contribution in [0.25, 0.3) is 65.3 Å². The van der Waals surface area contributed by atoms with Gasteiger partial charge in [-0.3, -0.25) is 0 Å². The number of anilines is 3. The van der Waals surface area contributed by atoms with Gasteiger partial charge in [-0.2, -0.15) is 0 Å². The van der Waals surface area contributed by atoms with Gasteiger partial charge in [-0.1, -0.05) is 161 Å². The van der Waals surface area contributed by atoms with E-state index >= 15 is 0 Å². The number of nitrogens with zero attached hydrogens (tertiary/aromatic N) is 1. The first-order chi connectivity index (χ1) is 26.8. The minimum absolute atomic E-state index is 0.134. The zero-order valence-corrected chi connectivity index (χ0v) is 32.1. The second kappa shape index (κ2) is 12.7. The number of rotatable bonds is 5. The Hall–Kier alpha value is -6.18. The molecule has 1 heteroatoms. The quantitative estimate of drug-likeness (QED) is 0.161. The third kappa shape index (κ3) is 5.52. The van der Waals surface area contributed by atoms with E-state index in [1.54, 1.807) is 0 Å². The highest BCUT2D eigenvalue weighted by atomic mass is 15.1. The normalized spacial score (nSPS) is 14.7. The summed E-state index contributed by atoms with van der Waals surface area (Å²) in [6.07, 6.45) is 2.41. The van der Waals surface area contributed by atoms with E-state index in [0.717, 1.165) is 17.1 Å². The summed E-state index contributed by atoms with van der Waals surface area (Å²) in [6.45, 7) is 9.68. The number of fused-ring (bicyclic) bond motifs is 8. The molecular weight excluding hydrogens is 663 g/mol. The summed E-state index contributed by atoms with van der Waals surface area (Å²) in [5.41, 5.74) is 11.6. The van der Waals surface area contributed by atoms with Crippen molar-refractivity contribution in [1.29, 1.82) is 0 Å². The molecule has 0 unspecified atom stereocenters. The zero-order valence-electron chi connectivity index (χ0n) is 32.1. The molecule has 0 atom stereocenters. The Bertz CT molecular complexity index is 2880. The smallest absolute Gasteiger partial charge is 0.0540 e. The fourth-order valence-electron chi connectivity index (χ4n) is 9.37. The molecule has 1 aliphatic carbocycles. The van der Waals surface area contributed by atoms with E-state index in [-0.39, 0.29) is 10.8 Å². The Morgan fingerprint density at radius 2 is 0.873 bits per heavy atom. The van der Waals surface area contributed by atoms with Crippen LogP contribution in [-0.4, -0.2) is 0 Å². The van der Waals surface area contributed by atoms with E-state index in [4.69, 9.17) is 0 Å². The van der Waals surface area contributed by atoms with Crippen LogP contribution < -0.4 is 4.90 Å². The molecule has 0 spiro atoms. The van der Waals surface area contributed by atoms with Crippen LogP contribution in [0, 0.1) is 0 Å². The van der Waals surface area contributed by atoms with Crippen molar-refractivity contribution < 1.29 is 0 Å². The van der Waals surface area contributed by atoms with E-state index in [9.17, 15) is 0 Å². The molecule has 266 valence electrons. The molecule has 0 saturated heterocycles. The highest BCUT2D eigenvalue weighted by Crippen LogP contribution is 2.49. The maximum absolute atomic E-state index is 2.52. The summed E-state index contributed by atoms with van der Waals surface area (Å²) in [7, 11) is 0. The molecule has 10 rings (SSSR count). The van der Waals surface area contributed by atoms with Crippen LogP contribution in [0.2, 0.25) is 0 Å². The van der Waals surface area contributed by atoms with E-state index in [1.807, 2.05) is 0 Å². The molecule has 0 fully saturated rings. The van der Waals surface area contributed by atoms with E-state index < -0.39 is 0 Å². The van der Waals surface area contributed by atoms with Crippen LogP contribution in [0.5, 0.6) is 0 Å². The minimum atomic E-state index is 0.134. The topological polar surface area (TPSA) is 3.24 Å². The van der Waals surface area contributed by atoms with Crippen LogP contribution in [0.4, 0.5) is 17.1 Å². The first-order valence-corrected chi connectivity index (χ1v) is 19.7. The summed E-state index contributed by atoms with van der Waals surface area (Å²) >= 11 is 0. The average Bonchev–Trinajstić information content (AvgIpc) is 3.23. The third-order valence-corrected chi connectivity index (χ3v) is 12.5. The van der Waals surface area contributed by atoms with Crippen molar-refractivity contribution in [3.05, 3.63) is 187 Å². The van der Waals surface area contributed by atoms with Crippen LogP contribution in [-0.2, 0) is 10.8 Å². The van der Waals surface area contributed by atoms with Gasteiger partial charge in [0.2, 0.25) is 0 Å². The summed E-state index contributed by atoms with van der Waals surface area (Å²) < 4.78 is 0. The summed E-state index contributed by atoms with van der Waals surface area (Å²) in [5, 5.41) is 10.4.